The number of nitrogens with zero attached hydrogens (tertiary/aromatic N) is 3. The molecule has 0 atom stereocenters. The topological polar surface area (TPSA) is 55.2 Å². The molecule has 0 unspecified atom stereocenters. The Labute approximate surface area is 152 Å². The highest BCUT2D eigenvalue weighted by Gasteiger charge is 2.28. The van der Waals surface area contributed by atoms with E-state index in [2.05, 4.69) is 5.10 Å². The molecule has 25 heavy (non-hydrogen) atoms. The quantitative estimate of drug-likeness (QED) is 0.654. The molecule has 0 N–H and O–H groups in total. The highest BCUT2D eigenvalue weighted by molar-refractivity contribution is 7.89. The smallest absolute Gasteiger partial charge is 0.246 e. The Morgan fingerprint density at radius 2 is 1.88 bits per heavy atom. The van der Waals surface area contributed by atoms with Crippen molar-refractivity contribution in [2.24, 2.45) is 0 Å². The lowest BCUT2D eigenvalue weighted by Crippen LogP contribution is -2.26. The summed E-state index contributed by atoms with van der Waals surface area (Å²) in [6, 6.07) is 13.5. The van der Waals surface area contributed by atoms with Gasteiger partial charge in [0.2, 0.25) is 10.0 Å². The maximum absolute atomic E-state index is 13.2. The Morgan fingerprint density at radius 1 is 1.16 bits per heavy atom. The lowest BCUT2D eigenvalue weighted by atomic mass is 10.2. The maximum Gasteiger partial charge on any atom is 0.246 e. The van der Waals surface area contributed by atoms with E-state index in [1.165, 1.54) is 15.6 Å². The molecule has 0 saturated heterocycles. The summed E-state index contributed by atoms with van der Waals surface area (Å²) in [5, 5.41) is 6.45. The second-order valence-electron chi connectivity index (χ2n) is 6.14. The van der Waals surface area contributed by atoms with E-state index in [4.69, 9.17) is 0 Å². The minimum absolute atomic E-state index is 0.0853. The average Bonchev–Trinajstić information content (AvgIpc) is 3.25. The van der Waals surface area contributed by atoms with Gasteiger partial charge in [0.25, 0.3) is 0 Å². The van der Waals surface area contributed by atoms with Crippen molar-refractivity contribution in [2.75, 3.05) is 7.05 Å². The molecule has 0 aliphatic carbocycles. The Balaban J connectivity index is 2.01. The number of aromatic nitrogens is 2. The van der Waals surface area contributed by atoms with Crippen LogP contribution in [-0.4, -0.2) is 29.6 Å². The van der Waals surface area contributed by atoms with Gasteiger partial charge in [-0.15, -0.1) is 11.3 Å². The summed E-state index contributed by atoms with van der Waals surface area (Å²) < 4.78 is 29.4. The third-order valence-corrected chi connectivity index (χ3v) is 6.60. The molecule has 0 radical (unpaired) electrons. The maximum atomic E-state index is 13.2. The van der Waals surface area contributed by atoms with E-state index in [0.717, 1.165) is 10.4 Å². The molecule has 2 heterocycles. The van der Waals surface area contributed by atoms with Gasteiger partial charge in [0.15, 0.2) is 0 Å². The minimum atomic E-state index is -3.65. The molecule has 1 aromatic carbocycles. The number of hydrogen-bond acceptors (Lipinski definition) is 4. The van der Waals surface area contributed by atoms with Gasteiger partial charge in [0, 0.05) is 25.8 Å². The summed E-state index contributed by atoms with van der Waals surface area (Å²) in [6.07, 6.45) is 1.64. The lowest BCUT2D eigenvalue weighted by Gasteiger charge is -2.17. The van der Waals surface area contributed by atoms with Crippen LogP contribution in [-0.2, 0) is 16.6 Å². The van der Waals surface area contributed by atoms with Crippen LogP contribution in [0.3, 0.4) is 0 Å². The zero-order valence-electron chi connectivity index (χ0n) is 14.5. The zero-order chi connectivity index (χ0) is 18.0. The van der Waals surface area contributed by atoms with Crippen LogP contribution in [0.5, 0.6) is 0 Å². The average molecular weight is 376 g/mol. The van der Waals surface area contributed by atoms with Crippen LogP contribution in [0.25, 0.3) is 10.6 Å². The molecule has 5 nitrogen and oxygen atoms in total. The Kier molecular flexibility index (Phi) is 5.08. The van der Waals surface area contributed by atoms with Gasteiger partial charge in [-0.1, -0.05) is 36.4 Å². The molecular weight excluding hydrogens is 354 g/mol. The molecule has 3 rings (SSSR count). The molecule has 0 aliphatic heterocycles. The first-order valence-corrected chi connectivity index (χ1v) is 10.3. The van der Waals surface area contributed by atoms with Gasteiger partial charge in [-0.3, -0.25) is 4.68 Å². The molecule has 3 aromatic rings. The summed E-state index contributed by atoms with van der Waals surface area (Å²) in [6.45, 7) is 4.28. The summed E-state index contributed by atoms with van der Waals surface area (Å²) >= 11 is 1.49. The Bertz CT molecular complexity index is 930. The van der Waals surface area contributed by atoms with Crippen molar-refractivity contribution < 1.29 is 8.42 Å². The number of thiophene rings is 1. The third kappa shape index (κ3) is 3.68. The molecule has 7 heteroatoms. The highest BCUT2D eigenvalue weighted by atomic mass is 32.2. The van der Waals surface area contributed by atoms with E-state index in [-0.39, 0.29) is 10.9 Å². The molecule has 2 aromatic heterocycles. The molecule has 132 valence electrons. The van der Waals surface area contributed by atoms with Gasteiger partial charge in [0.1, 0.15) is 10.6 Å². The van der Waals surface area contributed by atoms with Crippen molar-refractivity contribution >= 4 is 21.4 Å². The standard InChI is InChI=1S/C18H21N3O2S2/c1-14(2)21-13-17(18(19-21)16-10-7-11-24-16)25(22,23)20(3)12-15-8-5-4-6-9-15/h4-11,13-14H,12H2,1-3H3. The zero-order valence-corrected chi connectivity index (χ0v) is 16.1. The first-order valence-electron chi connectivity index (χ1n) is 8.03. The normalized spacial score (nSPS) is 12.2. The van der Waals surface area contributed by atoms with E-state index in [9.17, 15) is 8.42 Å². The largest absolute Gasteiger partial charge is 0.268 e. The van der Waals surface area contributed by atoms with E-state index in [1.54, 1.807) is 17.9 Å². The lowest BCUT2D eigenvalue weighted by molar-refractivity contribution is 0.466. The second kappa shape index (κ2) is 7.11. The monoisotopic (exact) mass is 375 g/mol. The number of sulfonamides is 1. The Hall–Kier alpha value is -1.96. The second-order valence-corrected chi connectivity index (χ2v) is 9.10. The summed E-state index contributed by atoms with van der Waals surface area (Å²) in [7, 11) is -2.05. The fourth-order valence-electron chi connectivity index (χ4n) is 2.51. The number of benzene rings is 1. The predicted octanol–water partition coefficient (Wildman–Crippen LogP) is 4.01. The van der Waals surface area contributed by atoms with Gasteiger partial charge in [-0.2, -0.15) is 9.40 Å². The first kappa shape index (κ1) is 17.8. The van der Waals surface area contributed by atoms with Crippen molar-refractivity contribution in [2.45, 2.75) is 31.3 Å². The van der Waals surface area contributed by atoms with Crippen LogP contribution in [0.4, 0.5) is 0 Å². The van der Waals surface area contributed by atoms with Crippen molar-refractivity contribution in [3.8, 4) is 10.6 Å². The predicted molar refractivity (Wildman–Crippen MR) is 101 cm³/mol. The van der Waals surface area contributed by atoms with E-state index >= 15 is 0 Å². The fraction of sp³-hybridized carbons (Fsp3) is 0.278. The van der Waals surface area contributed by atoms with Crippen molar-refractivity contribution in [1.29, 1.82) is 0 Å². The molecular formula is C18H21N3O2S2. The molecule has 0 amide bonds. The number of rotatable bonds is 6. The fourth-order valence-corrected chi connectivity index (χ4v) is 4.58. The van der Waals surface area contributed by atoms with E-state index < -0.39 is 10.0 Å². The van der Waals surface area contributed by atoms with Crippen molar-refractivity contribution in [3.05, 3.63) is 59.6 Å². The molecule has 0 bridgehead atoms. The van der Waals surface area contributed by atoms with Crippen LogP contribution in [0.1, 0.15) is 25.5 Å². The van der Waals surface area contributed by atoms with Gasteiger partial charge in [0.05, 0.1) is 4.88 Å². The molecule has 0 fully saturated rings. The van der Waals surface area contributed by atoms with Gasteiger partial charge >= 0.3 is 0 Å². The molecule has 0 aliphatic rings. The van der Waals surface area contributed by atoms with Gasteiger partial charge in [-0.05, 0) is 30.9 Å². The van der Waals surface area contributed by atoms with E-state index in [0.29, 0.717) is 12.2 Å². The molecule has 0 spiro atoms. The van der Waals surface area contributed by atoms with Crippen LogP contribution in [0, 0.1) is 0 Å². The third-order valence-electron chi connectivity index (χ3n) is 3.92. The van der Waals surface area contributed by atoms with Gasteiger partial charge in [-0.25, -0.2) is 8.42 Å². The SMILES string of the molecule is CC(C)n1cc(S(=O)(=O)N(C)Cc2ccccc2)c(-c2cccs2)n1. The van der Waals surface area contributed by atoms with Gasteiger partial charge < -0.3 is 0 Å². The van der Waals surface area contributed by atoms with Crippen molar-refractivity contribution in [3.63, 3.8) is 0 Å². The molecule has 0 saturated carbocycles. The summed E-state index contributed by atoms with van der Waals surface area (Å²) in [4.78, 5) is 1.10. The van der Waals surface area contributed by atoms with Crippen LogP contribution < -0.4 is 0 Å². The van der Waals surface area contributed by atoms with E-state index in [1.807, 2.05) is 61.7 Å². The Morgan fingerprint density at radius 3 is 2.48 bits per heavy atom. The summed E-state index contributed by atoms with van der Waals surface area (Å²) in [5.74, 6) is 0. The van der Waals surface area contributed by atoms with Crippen LogP contribution in [0.15, 0.2) is 58.9 Å². The summed E-state index contributed by atoms with van der Waals surface area (Å²) in [5.41, 5.74) is 1.46. The highest BCUT2D eigenvalue weighted by Crippen LogP contribution is 2.32. The number of hydrogen-bond donors (Lipinski definition) is 0. The van der Waals surface area contributed by atoms with Crippen molar-refractivity contribution in [1.82, 2.24) is 14.1 Å². The first-order chi connectivity index (χ1) is 11.9. The van der Waals surface area contributed by atoms with Crippen LogP contribution >= 0.6 is 11.3 Å². The minimum Gasteiger partial charge on any atom is -0.268 e. The van der Waals surface area contributed by atoms with Crippen LogP contribution in [0.2, 0.25) is 0 Å².